The standard InChI is InChI=1S/C22H25NO4.C3H4O2/c1-14(23-13-21(26)16-10-17(24)12-18(25)11-16)9-15-7-8-22(27-2)20-6-4-3-5-19(15)20;1-2-3(4)5/h3-8,10-12,14,21,23-26H,9,13H2,1-2H3;2H,1H2,(H,4,5)/t14-,21-;/m0./s1. The number of hydrogen-bond donors (Lipinski definition) is 5. The highest BCUT2D eigenvalue weighted by Gasteiger charge is 2.13. The summed E-state index contributed by atoms with van der Waals surface area (Å²) in [7, 11) is 1.67. The molecule has 7 nitrogen and oxygen atoms in total. The van der Waals surface area contributed by atoms with Crippen molar-refractivity contribution in [1.29, 1.82) is 0 Å². The zero-order valence-corrected chi connectivity index (χ0v) is 18.2. The number of phenols is 2. The summed E-state index contributed by atoms with van der Waals surface area (Å²) >= 11 is 0. The maximum Gasteiger partial charge on any atom is 0.327 e. The molecule has 3 aromatic carbocycles. The van der Waals surface area contributed by atoms with E-state index in [1.165, 1.54) is 23.8 Å². The maximum atomic E-state index is 10.3. The smallest absolute Gasteiger partial charge is 0.327 e. The Morgan fingerprint density at radius 1 is 1.09 bits per heavy atom. The molecule has 2 atom stereocenters. The second-order valence-corrected chi connectivity index (χ2v) is 7.33. The SMILES string of the molecule is C=CC(=O)O.COc1ccc(C[C@H](C)NC[C@H](O)c2cc(O)cc(O)c2)c2ccccc12. The fourth-order valence-corrected chi connectivity index (χ4v) is 3.33. The molecule has 7 heteroatoms. The quantitative estimate of drug-likeness (QED) is 0.339. The second kappa shape index (κ2) is 11.7. The normalized spacial score (nSPS) is 12.3. The summed E-state index contributed by atoms with van der Waals surface area (Å²) in [6.07, 6.45) is 0.806. The molecule has 0 radical (unpaired) electrons. The number of fused-ring (bicyclic) bond motifs is 1. The number of carbonyl (C=O) groups is 1. The third-order valence-corrected chi connectivity index (χ3v) is 4.86. The summed E-state index contributed by atoms with van der Waals surface area (Å²) in [5.41, 5.74) is 1.68. The van der Waals surface area contributed by atoms with Gasteiger partial charge in [0.2, 0.25) is 0 Å². The van der Waals surface area contributed by atoms with Crippen molar-refractivity contribution in [2.45, 2.75) is 25.5 Å². The summed E-state index contributed by atoms with van der Waals surface area (Å²) in [4.78, 5) is 9.25. The third-order valence-electron chi connectivity index (χ3n) is 4.86. The first-order chi connectivity index (χ1) is 15.2. The number of aliphatic carboxylic acids is 1. The number of aliphatic hydroxyl groups is 1. The molecule has 32 heavy (non-hydrogen) atoms. The monoisotopic (exact) mass is 439 g/mol. The Morgan fingerprint density at radius 3 is 2.25 bits per heavy atom. The van der Waals surface area contributed by atoms with E-state index in [4.69, 9.17) is 9.84 Å². The third kappa shape index (κ3) is 7.01. The molecule has 0 saturated carbocycles. The fraction of sp³-hybridized carbons (Fsp3) is 0.240. The molecule has 0 unspecified atom stereocenters. The van der Waals surface area contributed by atoms with Gasteiger partial charge in [0.1, 0.15) is 17.2 Å². The number of aromatic hydroxyl groups is 2. The van der Waals surface area contributed by atoms with Crippen molar-refractivity contribution < 1.29 is 30.0 Å². The molecular formula is C25H29NO6. The second-order valence-electron chi connectivity index (χ2n) is 7.33. The van der Waals surface area contributed by atoms with Gasteiger partial charge in [0.25, 0.3) is 0 Å². The van der Waals surface area contributed by atoms with Crippen LogP contribution in [-0.2, 0) is 11.2 Å². The molecule has 0 heterocycles. The minimum absolute atomic E-state index is 0.0678. The van der Waals surface area contributed by atoms with Crippen molar-refractivity contribution in [3.05, 3.63) is 78.4 Å². The molecule has 5 N–H and O–H groups in total. The molecule has 0 aromatic heterocycles. The van der Waals surface area contributed by atoms with Crippen LogP contribution in [0.2, 0.25) is 0 Å². The van der Waals surface area contributed by atoms with E-state index < -0.39 is 12.1 Å². The van der Waals surface area contributed by atoms with Crippen LogP contribution in [0.4, 0.5) is 0 Å². The van der Waals surface area contributed by atoms with Crippen molar-refractivity contribution in [3.8, 4) is 17.2 Å². The summed E-state index contributed by atoms with van der Waals surface area (Å²) in [5, 5.41) is 42.6. The lowest BCUT2D eigenvalue weighted by Crippen LogP contribution is -2.32. The average Bonchev–Trinajstić information content (AvgIpc) is 2.77. The Kier molecular flexibility index (Phi) is 9.07. The van der Waals surface area contributed by atoms with E-state index in [2.05, 4.69) is 31.0 Å². The molecule has 0 aliphatic carbocycles. The molecule has 3 rings (SSSR count). The Bertz CT molecular complexity index is 1050. The van der Waals surface area contributed by atoms with Crippen molar-refractivity contribution in [2.75, 3.05) is 13.7 Å². The van der Waals surface area contributed by atoms with Gasteiger partial charge in [-0.15, -0.1) is 0 Å². The largest absolute Gasteiger partial charge is 0.508 e. The first kappa shape index (κ1) is 24.7. The number of benzene rings is 3. The zero-order chi connectivity index (χ0) is 23.7. The summed E-state index contributed by atoms with van der Waals surface area (Å²) in [6, 6.07) is 16.5. The topological polar surface area (TPSA) is 119 Å². The first-order valence-corrected chi connectivity index (χ1v) is 10.1. The van der Waals surface area contributed by atoms with Gasteiger partial charge in [-0.05, 0) is 48.1 Å². The molecule has 0 fully saturated rings. The highest BCUT2D eigenvalue weighted by atomic mass is 16.5. The molecule has 0 spiro atoms. The number of carboxylic acids is 1. The molecule has 0 saturated heterocycles. The van der Waals surface area contributed by atoms with Gasteiger partial charge in [-0.3, -0.25) is 0 Å². The molecule has 0 aliphatic rings. The summed E-state index contributed by atoms with van der Waals surface area (Å²) < 4.78 is 5.45. The van der Waals surface area contributed by atoms with E-state index in [0.29, 0.717) is 12.1 Å². The van der Waals surface area contributed by atoms with E-state index in [-0.39, 0.29) is 17.5 Å². The number of methoxy groups -OCH3 is 1. The van der Waals surface area contributed by atoms with Crippen LogP contribution < -0.4 is 10.1 Å². The lowest BCUT2D eigenvalue weighted by Gasteiger charge is -2.19. The van der Waals surface area contributed by atoms with Crippen LogP contribution in [0.1, 0.15) is 24.2 Å². The predicted molar refractivity (Wildman–Crippen MR) is 124 cm³/mol. The van der Waals surface area contributed by atoms with Crippen LogP contribution >= 0.6 is 0 Å². The van der Waals surface area contributed by atoms with Crippen molar-refractivity contribution in [3.63, 3.8) is 0 Å². The van der Waals surface area contributed by atoms with Crippen LogP contribution in [0.5, 0.6) is 17.2 Å². The van der Waals surface area contributed by atoms with Gasteiger partial charge in [-0.25, -0.2) is 4.79 Å². The predicted octanol–water partition coefficient (Wildman–Crippen LogP) is 3.77. The Hall–Kier alpha value is -3.55. The van der Waals surface area contributed by atoms with Crippen LogP contribution in [0.25, 0.3) is 10.8 Å². The van der Waals surface area contributed by atoms with E-state index in [0.717, 1.165) is 29.0 Å². The highest BCUT2D eigenvalue weighted by Crippen LogP contribution is 2.29. The average molecular weight is 440 g/mol. The number of ether oxygens (including phenoxy) is 1. The van der Waals surface area contributed by atoms with E-state index in [1.807, 2.05) is 24.3 Å². The Balaban J connectivity index is 0.000000654. The van der Waals surface area contributed by atoms with Crippen molar-refractivity contribution >= 4 is 16.7 Å². The van der Waals surface area contributed by atoms with Crippen molar-refractivity contribution in [1.82, 2.24) is 5.32 Å². The lowest BCUT2D eigenvalue weighted by atomic mass is 9.98. The van der Waals surface area contributed by atoms with Crippen LogP contribution in [0.3, 0.4) is 0 Å². The van der Waals surface area contributed by atoms with Gasteiger partial charge in [0, 0.05) is 30.1 Å². The fourth-order valence-electron chi connectivity index (χ4n) is 3.33. The number of aliphatic hydroxyl groups excluding tert-OH is 1. The number of hydrogen-bond acceptors (Lipinski definition) is 6. The lowest BCUT2D eigenvalue weighted by molar-refractivity contribution is -0.131. The van der Waals surface area contributed by atoms with E-state index >= 15 is 0 Å². The molecule has 0 aliphatic heterocycles. The number of phenolic OH excluding ortho intramolecular Hbond substituents is 2. The number of rotatable bonds is 8. The van der Waals surface area contributed by atoms with Gasteiger partial charge < -0.3 is 30.5 Å². The van der Waals surface area contributed by atoms with Gasteiger partial charge >= 0.3 is 5.97 Å². The maximum absolute atomic E-state index is 10.3. The summed E-state index contributed by atoms with van der Waals surface area (Å²) in [5.74, 6) is -0.261. The number of nitrogens with one attached hydrogen (secondary N) is 1. The molecular weight excluding hydrogens is 410 g/mol. The molecule has 3 aromatic rings. The highest BCUT2D eigenvalue weighted by molar-refractivity contribution is 5.91. The van der Waals surface area contributed by atoms with Crippen LogP contribution in [0, 0.1) is 0 Å². The van der Waals surface area contributed by atoms with Crippen LogP contribution in [-0.4, -0.2) is 46.1 Å². The van der Waals surface area contributed by atoms with Gasteiger partial charge in [-0.1, -0.05) is 36.9 Å². The minimum atomic E-state index is -0.981. The zero-order valence-electron chi connectivity index (χ0n) is 18.2. The van der Waals surface area contributed by atoms with E-state index in [9.17, 15) is 20.1 Å². The van der Waals surface area contributed by atoms with Gasteiger partial charge in [0.15, 0.2) is 0 Å². The Labute approximate surface area is 187 Å². The van der Waals surface area contributed by atoms with Crippen molar-refractivity contribution in [2.24, 2.45) is 0 Å². The van der Waals surface area contributed by atoms with Gasteiger partial charge in [-0.2, -0.15) is 0 Å². The van der Waals surface area contributed by atoms with E-state index in [1.54, 1.807) is 7.11 Å². The molecule has 170 valence electrons. The number of carboxylic acid groups (broad SMARTS) is 1. The Morgan fingerprint density at radius 2 is 1.69 bits per heavy atom. The minimum Gasteiger partial charge on any atom is -0.508 e. The summed E-state index contributed by atoms with van der Waals surface area (Å²) in [6.45, 7) is 5.34. The first-order valence-electron chi connectivity index (χ1n) is 10.1. The van der Waals surface area contributed by atoms with Gasteiger partial charge in [0.05, 0.1) is 13.2 Å². The molecule has 0 amide bonds. The van der Waals surface area contributed by atoms with Crippen LogP contribution in [0.15, 0.2) is 67.3 Å². The molecule has 0 bridgehead atoms.